The van der Waals surface area contributed by atoms with E-state index >= 15 is 0 Å². The Hall–Kier alpha value is -1.25. The molecule has 1 aromatic heterocycles. The maximum Gasteiger partial charge on any atom is 0.351 e. The third-order valence-electron chi connectivity index (χ3n) is 2.13. The van der Waals surface area contributed by atoms with Gasteiger partial charge in [-0.3, -0.25) is 4.57 Å². The summed E-state index contributed by atoms with van der Waals surface area (Å²) in [5.74, 6) is -0.734. The first-order valence-corrected chi connectivity index (χ1v) is 5.58. The molecule has 94 valence electrons. The average molecular weight is 262 g/mol. The van der Waals surface area contributed by atoms with E-state index in [1.54, 1.807) is 0 Å². The number of nitrogens with two attached hydrogens (primary N) is 1. The molecule has 1 aliphatic heterocycles. The Bertz CT molecular complexity index is 454. The van der Waals surface area contributed by atoms with E-state index in [1.165, 1.54) is 11.8 Å². The Morgan fingerprint density at radius 1 is 1.76 bits per heavy atom. The lowest BCUT2D eigenvalue weighted by Crippen LogP contribution is -2.29. The van der Waals surface area contributed by atoms with Crippen LogP contribution in [0.4, 0.5) is 10.2 Å². The summed E-state index contributed by atoms with van der Waals surface area (Å²) in [6.07, 6.45) is 0.354. The zero-order valence-electron chi connectivity index (χ0n) is 9.17. The van der Waals surface area contributed by atoms with Crippen molar-refractivity contribution in [2.24, 2.45) is 0 Å². The highest BCUT2D eigenvalue weighted by atomic mass is 32.2. The number of hydrogen-bond acceptors (Lipinski definition) is 6. The van der Waals surface area contributed by atoms with Gasteiger partial charge in [-0.25, -0.2) is 9.18 Å². The van der Waals surface area contributed by atoms with Crippen LogP contribution in [0.15, 0.2) is 11.0 Å². The molecule has 1 aliphatic rings. The predicted molar refractivity (Wildman–Crippen MR) is 62.7 cm³/mol. The van der Waals surface area contributed by atoms with E-state index in [9.17, 15) is 9.18 Å². The largest absolute Gasteiger partial charge is 0.393 e. The molecule has 0 aromatic carbocycles. The van der Waals surface area contributed by atoms with Crippen LogP contribution in [-0.4, -0.2) is 32.5 Å². The molecular weight excluding hydrogens is 249 g/mol. The van der Waals surface area contributed by atoms with Gasteiger partial charge in [-0.1, -0.05) is 0 Å². The molecule has 17 heavy (non-hydrogen) atoms. The maximum atomic E-state index is 13.1. The van der Waals surface area contributed by atoms with E-state index in [0.717, 1.165) is 10.8 Å². The molecule has 2 heterocycles. The van der Waals surface area contributed by atoms with Gasteiger partial charge >= 0.3 is 5.69 Å². The second-order valence-corrected chi connectivity index (χ2v) is 4.39. The van der Waals surface area contributed by atoms with Gasteiger partial charge in [0.05, 0.1) is 12.8 Å². The Balaban J connectivity index is 0.00000144. The molecule has 6 nitrogen and oxygen atoms in total. The van der Waals surface area contributed by atoms with E-state index in [1.807, 2.05) is 0 Å². The van der Waals surface area contributed by atoms with Crippen molar-refractivity contribution in [2.45, 2.75) is 11.7 Å². The second kappa shape index (κ2) is 5.39. The number of nitrogens with zero attached hydrogens (tertiary/aromatic N) is 2. The van der Waals surface area contributed by atoms with Gasteiger partial charge in [-0.2, -0.15) is 4.98 Å². The van der Waals surface area contributed by atoms with Crippen molar-refractivity contribution in [1.82, 2.24) is 9.55 Å². The molecule has 8 heteroatoms. The fourth-order valence-corrected chi connectivity index (χ4v) is 2.28. The molecule has 0 aliphatic carbocycles. The minimum absolute atomic E-state index is 0. The van der Waals surface area contributed by atoms with Crippen molar-refractivity contribution in [3.63, 3.8) is 0 Å². The minimum atomic E-state index is -0.763. The average Bonchev–Trinajstić information content (AvgIpc) is 2.71. The highest BCUT2D eigenvalue weighted by Crippen LogP contribution is 2.30. The van der Waals surface area contributed by atoms with Crippen LogP contribution in [0.3, 0.4) is 0 Å². The van der Waals surface area contributed by atoms with Gasteiger partial charge in [0, 0.05) is 13.2 Å². The lowest BCUT2D eigenvalue weighted by Gasteiger charge is -2.13. The number of aromatic nitrogens is 2. The topological polar surface area (TPSA) is 90.4 Å². The number of aliphatic hydroxyl groups is 1. The molecule has 0 saturated carbocycles. The van der Waals surface area contributed by atoms with Gasteiger partial charge in [0.1, 0.15) is 11.7 Å². The van der Waals surface area contributed by atoms with Crippen LogP contribution in [0.25, 0.3) is 0 Å². The fourth-order valence-electron chi connectivity index (χ4n) is 1.35. The third-order valence-corrected chi connectivity index (χ3v) is 3.24. The Morgan fingerprint density at radius 3 is 3.06 bits per heavy atom. The molecular formula is C9H13FN3O3S+. The molecule has 1 saturated heterocycles. The van der Waals surface area contributed by atoms with Gasteiger partial charge in [0.25, 0.3) is 0 Å². The molecule has 0 bridgehead atoms. The Labute approximate surface area is 102 Å². The number of halogens is 1. The Morgan fingerprint density at radius 2 is 2.47 bits per heavy atom. The van der Waals surface area contributed by atoms with Crippen molar-refractivity contribution < 1.29 is 14.2 Å². The highest BCUT2D eigenvalue weighted by Gasteiger charge is 2.27. The normalized spacial score (nSPS) is 23.4. The second-order valence-electron chi connectivity index (χ2n) is 3.20. The first-order chi connectivity index (χ1) is 7.61. The van der Waals surface area contributed by atoms with Crippen molar-refractivity contribution in [3.05, 3.63) is 29.9 Å². The summed E-state index contributed by atoms with van der Waals surface area (Å²) < 4.78 is 19.5. The number of ether oxygens (including phenoxy) is 1. The highest BCUT2D eigenvalue weighted by molar-refractivity contribution is 8.00. The van der Waals surface area contributed by atoms with Crippen LogP contribution in [0, 0.1) is 13.2 Å². The summed E-state index contributed by atoms with van der Waals surface area (Å²) in [5.41, 5.74) is 4.10. The summed E-state index contributed by atoms with van der Waals surface area (Å²) in [6.45, 7) is -0.152. The summed E-state index contributed by atoms with van der Waals surface area (Å²) in [7, 11) is 0. The SMILES string of the molecule is Nc1nc(=O)n([C@@H]2CS[C@H](CO)O2)cc1F.[CH3+]. The van der Waals surface area contributed by atoms with Crippen LogP contribution in [0.1, 0.15) is 6.23 Å². The van der Waals surface area contributed by atoms with Crippen LogP contribution in [0.5, 0.6) is 0 Å². The summed E-state index contributed by atoms with van der Waals surface area (Å²) in [6, 6.07) is 0. The quantitative estimate of drug-likeness (QED) is 0.729. The molecule has 2 rings (SSSR count). The lowest BCUT2D eigenvalue weighted by atomic mass is 10.5. The first-order valence-electron chi connectivity index (χ1n) is 4.54. The minimum Gasteiger partial charge on any atom is -0.393 e. The van der Waals surface area contributed by atoms with Gasteiger partial charge in [-0.05, 0) is 0 Å². The molecule has 0 spiro atoms. The number of thioether (sulfide) groups is 1. The van der Waals surface area contributed by atoms with Gasteiger partial charge in [0.2, 0.25) is 0 Å². The molecule has 0 unspecified atom stereocenters. The molecule has 0 amide bonds. The molecule has 3 N–H and O–H groups in total. The van der Waals surface area contributed by atoms with Gasteiger partial charge < -0.3 is 15.6 Å². The third kappa shape index (κ3) is 2.71. The number of nitrogen functional groups attached to an aromatic ring is 1. The lowest BCUT2D eigenvalue weighted by molar-refractivity contribution is -0.00677. The van der Waals surface area contributed by atoms with Crippen LogP contribution < -0.4 is 11.4 Å². The summed E-state index contributed by atoms with van der Waals surface area (Å²) in [5, 5.41) is 8.86. The number of anilines is 1. The zero-order chi connectivity index (χ0) is 11.7. The van der Waals surface area contributed by atoms with E-state index in [0.29, 0.717) is 5.75 Å². The number of aliphatic hydroxyl groups excluding tert-OH is 1. The van der Waals surface area contributed by atoms with Crippen molar-refractivity contribution >= 4 is 17.6 Å². The predicted octanol–water partition coefficient (Wildman–Crippen LogP) is -0.00471. The zero-order valence-corrected chi connectivity index (χ0v) is 9.98. The van der Waals surface area contributed by atoms with Crippen molar-refractivity contribution in [1.29, 1.82) is 0 Å². The van der Waals surface area contributed by atoms with Gasteiger partial charge in [0.15, 0.2) is 11.6 Å². The van der Waals surface area contributed by atoms with Crippen molar-refractivity contribution in [2.75, 3.05) is 18.1 Å². The van der Waals surface area contributed by atoms with E-state index in [4.69, 9.17) is 15.6 Å². The summed E-state index contributed by atoms with van der Waals surface area (Å²) in [4.78, 5) is 14.8. The number of rotatable bonds is 2. The van der Waals surface area contributed by atoms with E-state index in [2.05, 4.69) is 4.98 Å². The summed E-state index contributed by atoms with van der Waals surface area (Å²) >= 11 is 1.35. The molecule has 2 atom stereocenters. The van der Waals surface area contributed by atoms with Crippen LogP contribution in [0.2, 0.25) is 0 Å². The molecule has 1 aromatic rings. The van der Waals surface area contributed by atoms with Gasteiger partial charge in [-0.15, -0.1) is 11.8 Å². The molecule has 1 fully saturated rings. The number of hydrogen-bond donors (Lipinski definition) is 2. The Kier molecular flexibility index (Phi) is 4.38. The van der Waals surface area contributed by atoms with E-state index in [-0.39, 0.29) is 14.0 Å². The standard InChI is InChI=1S/C8H10FN3O3S.CH3/c9-4-1-12(8(14)11-7(4)10)5-3-16-6(2-13)15-5;/h1,5-6,13H,2-3H2,(H2,10,11,14);1H3/q;+1/t5-,6+;/m0./s1. The molecule has 0 radical (unpaired) electrons. The fraction of sp³-hybridized carbons (Fsp3) is 0.444. The monoisotopic (exact) mass is 262 g/mol. The first kappa shape index (κ1) is 13.8. The van der Waals surface area contributed by atoms with Crippen molar-refractivity contribution in [3.8, 4) is 0 Å². The smallest absolute Gasteiger partial charge is 0.351 e. The van der Waals surface area contributed by atoms with Crippen LogP contribution in [-0.2, 0) is 4.74 Å². The maximum absolute atomic E-state index is 13.1. The van der Waals surface area contributed by atoms with E-state index < -0.39 is 29.0 Å². The van der Waals surface area contributed by atoms with Crippen LogP contribution >= 0.6 is 11.8 Å².